The van der Waals surface area contributed by atoms with Gasteiger partial charge in [-0.2, -0.15) is 13.2 Å². The molecule has 0 bridgehead atoms. The van der Waals surface area contributed by atoms with E-state index in [-0.39, 0.29) is 0 Å². The maximum Gasteiger partial charge on any atom is 0.416 e. The molecule has 0 fully saturated rings. The summed E-state index contributed by atoms with van der Waals surface area (Å²) >= 11 is 0. The van der Waals surface area contributed by atoms with E-state index >= 15 is 0 Å². The number of rotatable bonds is 2. The van der Waals surface area contributed by atoms with Gasteiger partial charge in [0.25, 0.3) is 0 Å². The first-order chi connectivity index (χ1) is 8.48. The highest BCUT2D eigenvalue weighted by Gasteiger charge is 2.33. The van der Waals surface area contributed by atoms with Crippen molar-refractivity contribution in [3.8, 4) is 0 Å². The molecule has 0 nitrogen and oxygen atoms in total. The molecule has 0 saturated heterocycles. The van der Waals surface area contributed by atoms with Gasteiger partial charge in [-0.25, -0.2) is 0 Å². The predicted molar refractivity (Wildman–Crippen MR) is 66.2 cm³/mol. The average molecular weight is 250 g/mol. The van der Waals surface area contributed by atoms with Crippen LogP contribution in [0.1, 0.15) is 17.5 Å². The largest absolute Gasteiger partial charge is 0.416 e. The highest BCUT2D eigenvalue weighted by Crippen LogP contribution is 2.37. The summed E-state index contributed by atoms with van der Waals surface area (Å²) in [6, 6.07) is 5.43. The average Bonchev–Trinajstić information content (AvgIpc) is 2.39. The standard InChI is InChI=1S/C15H13F3/c1-2-14(9-4-3-5-10-14)12-7-6-8-13(11-12)15(16,17)18/h2-9,11H,1,10H2. The lowest BCUT2D eigenvalue weighted by Crippen LogP contribution is -2.21. The maximum atomic E-state index is 12.7. The van der Waals surface area contributed by atoms with Gasteiger partial charge in [0.05, 0.1) is 5.56 Å². The zero-order valence-corrected chi connectivity index (χ0v) is 9.74. The van der Waals surface area contributed by atoms with E-state index in [1.54, 1.807) is 12.1 Å². The molecule has 0 aliphatic heterocycles. The first kappa shape index (κ1) is 12.7. The van der Waals surface area contributed by atoms with Crippen LogP contribution in [-0.2, 0) is 11.6 Å². The Morgan fingerprint density at radius 2 is 2.00 bits per heavy atom. The molecule has 1 aromatic rings. The molecular formula is C15H13F3. The van der Waals surface area contributed by atoms with E-state index in [1.807, 2.05) is 24.3 Å². The van der Waals surface area contributed by atoms with E-state index in [0.717, 1.165) is 6.07 Å². The number of hydrogen-bond donors (Lipinski definition) is 0. The molecule has 0 radical (unpaired) electrons. The fourth-order valence-electron chi connectivity index (χ4n) is 2.11. The summed E-state index contributed by atoms with van der Waals surface area (Å²) in [7, 11) is 0. The van der Waals surface area contributed by atoms with Crippen molar-refractivity contribution in [3.05, 3.63) is 72.4 Å². The van der Waals surface area contributed by atoms with E-state index in [2.05, 4.69) is 6.58 Å². The summed E-state index contributed by atoms with van der Waals surface area (Å²) in [6.07, 6.45) is 5.56. The van der Waals surface area contributed by atoms with Crippen molar-refractivity contribution in [2.45, 2.75) is 18.0 Å². The van der Waals surface area contributed by atoms with Crippen molar-refractivity contribution < 1.29 is 13.2 Å². The van der Waals surface area contributed by atoms with Crippen LogP contribution in [0.4, 0.5) is 13.2 Å². The van der Waals surface area contributed by atoms with Crippen molar-refractivity contribution in [2.75, 3.05) is 0 Å². The lowest BCUT2D eigenvalue weighted by molar-refractivity contribution is -0.137. The Morgan fingerprint density at radius 1 is 1.22 bits per heavy atom. The number of benzene rings is 1. The van der Waals surface area contributed by atoms with Crippen molar-refractivity contribution in [3.63, 3.8) is 0 Å². The second kappa shape index (κ2) is 4.48. The Labute approximate surface area is 104 Å². The SMILES string of the molecule is C=CC1(c2cccc(C(F)(F)F)c2)C=CC=CC1. The third-order valence-electron chi connectivity index (χ3n) is 3.19. The first-order valence-electron chi connectivity index (χ1n) is 5.64. The molecule has 2 rings (SSSR count). The zero-order valence-electron chi connectivity index (χ0n) is 9.74. The van der Waals surface area contributed by atoms with E-state index in [9.17, 15) is 13.2 Å². The van der Waals surface area contributed by atoms with Gasteiger partial charge in [-0.3, -0.25) is 0 Å². The maximum absolute atomic E-state index is 12.7. The van der Waals surface area contributed by atoms with Crippen LogP contribution in [0.2, 0.25) is 0 Å². The molecule has 0 heterocycles. The van der Waals surface area contributed by atoms with Gasteiger partial charge in [-0.15, -0.1) is 6.58 Å². The quantitative estimate of drug-likeness (QED) is 0.670. The number of hydrogen-bond acceptors (Lipinski definition) is 0. The van der Waals surface area contributed by atoms with Gasteiger partial charge in [0.15, 0.2) is 0 Å². The third-order valence-corrected chi connectivity index (χ3v) is 3.19. The van der Waals surface area contributed by atoms with Crippen molar-refractivity contribution in [1.29, 1.82) is 0 Å². The van der Waals surface area contributed by atoms with Crippen molar-refractivity contribution >= 4 is 0 Å². The van der Waals surface area contributed by atoms with Crippen LogP contribution in [-0.4, -0.2) is 0 Å². The highest BCUT2D eigenvalue weighted by molar-refractivity contribution is 5.42. The van der Waals surface area contributed by atoms with E-state index in [1.165, 1.54) is 12.1 Å². The minimum atomic E-state index is -4.31. The Bertz CT molecular complexity index is 509. The fourth-order valence-corrected chi connectivity index (χ4v) is 2.11. The summed E-state index contributed by atoms with van der Waals surface area (Å²) in [5.41, 5.74) is -0.534. The van der Waals surface area contributed by atoms with E-state index < -0.39 is 17.2 Å². The van der Waals surface area contributed by atoms with Crippen LogP contribution in [0.5, 0.6) is 0 Å². The van der Waals surface area contributed by atoms with Gasteiger partial charge in [-0.05, 0) is 18.1 Å². The monoisotopic (exact) mass is 250 g/mol. The number of alkyl halides is 3. The molecule has 1 aliphatic rings. The van der Waals surface area contributed by atoms with Crippen LogP contribution >= 0.6 is 0 Å². The second-order valence-electron chi connectivity index (χ2n) is 4.31. The topological polar surface area (TPSA) is 0 Å². The lowest BCUT2D eigenvalue weighted by Gasteiger charge is -2.28. The van der Waals surface area contributed by atoms with Gasteiger partial charge in [0.2, 0.25) is 0 Å². The molecular weight excluding hydrogens is 237 g/mol. The summed E-state index contributed by atoms with van der Waals surface area (Å²) < 4.78 is 38.1. The smallest absolute Gasteiger partial charge is 0.166 e. The van der Waals surface area contributed by atoms with Crippen LogP contribution < -0.4 is 0 Å². The zero-order chi connectivity index (χ0) is 13.2. The van der Waals surface area contributed by atoms with Crippen LogP contribution in [0.25, 0.3) is 0 Å². The molecule has 0 aromatic heterocycles. The minimum absolute atomic E-state index is 0.532. The molecule has 0 saturated carbocycles. The summed E-state index contributed by atoms with van der Waals surface area (Å²) in [4.78, 5) is 0. The Balaban J connectivity index is 2.47. The lowest BCUT2D eigenvalue weighted by atomic mass is 9.75. The molecule has 1 unspecified atom stereocenters. The molecule has 3 heteroatoms. The molecule has 1 aliphatic carbocycles. The van der Waals surface area contributed by atoms with Gasteiger partial charge in [0.1, 0.15) is 0 Å². The van der Waals surface area contributed by atoms with Gasteiger partial charge in [-0.1, -0.05) is 48.6 Å². The number of halogens is 3. The molecule has 0 spiro atoms. The van der Waals surface area contributed by atoms with Gasteiger partial charge < -0.3 is 0 Å². The third kappa shape index (κ3) is 2.26. The molecule has 1 aromatic carbocycles. The minimum Gasteiger partial charge on any atom is -0.166 e. The van der Waals surface area contributed by atoms with Gasteiger partial charge in [0, 0.05) is 5.41 Å². The van der Waals surface area contributed by atoms with Crippen LogP contribution in [0.3, 0.4) is 0 Å². The van der Waals surface area contributed by atoms with Crippen LogP contribution in [0.15, 0.2) is 61.2 Å². The fraction of sp³-hybridized carbons (Fsp3) is 0.200. The molecule has 18 heavy (non-hydrogen) atoms. The van der Waals surface area contributed by atoms with Crippen molar-refractivity contribution in [1.82, 2.24) is 0 Å². The normalized spacial score (nSPS) is 23.1. The summed E-state index contributed by atoms with van der Waals surface area (Å²) in [6.45, 7) is 3.76. The molecule has 1 atom stereocenters. The van der Waals surface area contributed by atoms with Crippen LogP contribution in [0, 0.1) is 0 Å². The van der Waals surface area contributed by atoms with Gasteiger partial charge >= 0.3 is 6.18 Å². The Morgan fingerprint density at radius 3 is 2.56 bits per heavy atom. The molecule has 94 valence electrons. The Kier molecular flexibility index (Phi) is 3.16. The van der Waals surface area contributed by atoms with E-state index in [4.69, 9.17) is 0 Å². The summed E-state index contributed by atoms with van der Waals surface area (Å²) in [5.74, 6) is 0. The molecule has 0 amide bonds. The first-order valence-corrected chi connectivity index (χ1v) is 5.64. The highest BCUT2D eigenvalue weighted by atomic mass is 19.4. The Hall–Kier alpha value is -1.77. The second-order valence-corrected chi connectivity index (χ2v) is 4.31. The predicted octanol–water partition coefficient (Wildman–Crippen LogP) is 4.65. The molecule has 0 N–H and O–H groups in total. The van der Waals surface area contributed by atoms with Crippen molar-refractivity contribution in [2.24, 2.45) is 0 Å². The summed E-state index contributed by atoms with van der Waals surface area (Å²) in [5, 5.41) is 0. The van der Waals surface area contributed by atoms with E-state index in [0.29, 0.717) is 12.0 Å². The number of allylic oxidation sites excluding steroid dienone is 5.